The number of ether oxygens (including phenoxy) is 1. The molecule has 2 aromatic carbocycles. The zero-order chi connectivity index (χ0) is 26.7. The van der Waals surface area contributed by atoms with Gasteiger partial charge in [-0.05, 0) is 61.2 Å². The van der Waals surface area contributed by atoms with Crippen LogP contribution in [0.25, 0.3) is 0 Å². The van der Waals surface area contributed by atoms with Crippen LogP contribution in [0.2, 0.25) is 5.02 Å². The van der Waals surface area contributed by atoms with E-state index in [2.05, 4.69) is 29.0 Å². The van der Waals surface area contributed by atoms with Crippen molar-refractivity contribution >= 4 is 23.4 Å². The Hall–Kier alpha value is -3.09. The van der Waals surface area contributed by atoms with Crippen molar-refractivity contribution in [2.24, 2.45) is 0 Å². The number of halogens is 1. The maximum atomic E-state index is 13.9. The molecular formula is C31H38ClN3O3. The molecule has 1 fully saturated rings. The second kappa shape index (κ2) is 14.2. The normalized spacial score (nSPS) is 13.8. The average Bonchev–Trinajstić information content (AvgIpc) is 3.38. The van der Waals surface area contributed by atoms with Crippen LogP contribution in [0.1, 0.15) is 60.1 Å². The Balaban J connectivity index is 1.54. The van der Waals surface area contributed by atoms with Crippen LogP contribution in [0.15, 0.2) is 72.9 Å². The van der Waals surface area contributed by atoms with Crippen molar-refractivity contribution in [3.63, 3.8) is 0 Å². The summed E-state index contributed by atoms with van der Waals surface area (Å²) in [6.45, 7) is 2.31. The second-order valence-electron chi connectivity index (χ2n) is 10.0. The SMILES string of the molecule is COCCCN(CC(=O)N(Cc1cccn1Cc1ccccc1)C1CCCCC1)C(=O)c1ccc(Cl)cc1. The minimum Gasteiger partial charge on any atom is -0.385 e. The van der Waals surface area contributed by atoms with Gasteiger partial charge < -0.3 is 19.1 Å². The average molecular weight is 536 g/mol. The molecular weight excluding hydrogens is 498 g/mol. The molecule has 0 unspecified atom stereocenters. The number of rotatable bonds is 12. The molecule has 0 spiro atoms. The van der Waals surface area contributed by atoms with Crippen LogP contribution in [0.5, 0.6) is 0 Å². The van der Waals surface area contributed by atoms with Crippen LogP contribution in [0, 0.1) is 0 Å². The minimum absolute atomic E-state index is 0.0101. The molecule has 0 aliphatic heterocycles. The summed E-state index contributed by atoms with van der Waals surface area (Å²) in [6.07, 6.45) is 8.20. The van der Waals surface area contributed by atoms with Crippen LogP contribution >= 0.6 is 11.6 Å². The standard InChI is InChI=1S/C31H38ClN3O3/c1-38-21-9-20-34(31(37)26-15-17-27(32)18-16-26)24-30(36)35(28-12-6-3-7-13-28)23-29-14-8-19-33(29)22-25-10-4-2-5-11-25/h2,4-5,8,10-11,14-19,28H,3,6-7,9,12-13,20-24H2,1H3. The summed E-state index contributed by atoms with van der Waals surface area (Å²) in [5.41, 5.74) is 2.85. The van der Waals surface area contributed by atoms with Crippen molar-refractivity contribution in [2.45, 2.75) is 57.7 Å². The fraction of sp³-hybridized carbons (Fsp3) is 0.419. The van der Waals surface area contributed by atoms with E-state index in [-0.39, 0.29) is 24.4 Å². The summed E-state index contributed by atoms with van der Waals surface area (Å²) in [6, 6.07) is 21.5. The third-order valence-corrected chi connectivity index (χ3v) is 7.52. The lowest BCUT2D eigenvalue weighted by atomic mass is 9.94. The van der Waals surface area contributed by atoms with Gasteiger partial charge in [0.1, 0.15) is 6.54 Å². The molecule has 0 saturated heterocycles. The summed E-state index contributed by atoms with van der Waals surface area (Å²) in [4.78, 5) is 31.0. The van der Waals surface area contributed by atoms with E-state index in [4.69, 9.17) is 16.3 Å². The number of carbonyl (C=O) groups excluding carboxylic acids is 2. The molecule has 1 heterocycles. The van der Waals surface area contributed by atoms with Gasteiger partial charge in [-0.25, -0.2) is 0 Å². The van der Waals surface area contributed by atoms with Gasteiger partial charge in [-0.15, -0.1) is 0 Å². The summed E-state index contributed by atoms with van der Waals surface area (Å²) in [5, 5.41) is 0.575. The fourth-order valence-electron chi connectivity index (χ4n) is 5.20. The number of hydrogen-bond donors (Lipinski definition) is 0. The van der Waals surface area contributed by atoms with E-state index in [9.17, 15) is 9.59 Å². The van der Waals surface area contributed by atoms with Crippen molar-refractivity contribution in [1.82, 2.24) is 14.4 Å². The summed E-state index contributed by atoms with van der Waals surface area (Å²) < 4.78 is 7.44. The smallest absolute Gasteiger partial charge is 0.254 e. The molecule has 4 rings (SSSR count). The highest BCUT2D eigenvalue weighted by atomic mass is 35.5. The number of amides is 2. The number of aromatic nitrogens is 1. The van der Waals surface area contributed by atoms with Crippen molar-refractivity contribution in [3.05, 3.63) is 94.8 Å². The number of methoxy groups -OCH3 is 1. The Kier molecular flexibility index (Phi) is 10.4. The fourth-order valence-corrected chi connectivity index (χ4v) is 5.32. The van der Waals surface area contributed by atoms with Gasteiger partial charge in [-0.2, -0.15) is 0 Å². The predicted octanol–water partition coefficient (Wildman–Crippen LogP) is 6.03. The quantitative estimate of drug-likeness (QED) is 0.266. The van der Waals surface area contributed by atoms with Gasteiger partial charge in [-0.3, -0.25) is 9.59 Å². The molecule has 1 saturated carbocycles. The zero-order valence-electron chi connectivity index (χ0n) is 22.2. The highest BCUT2D eigenvalue weighted by Crippen LogP contribution is 2.25. The minimum atomic E-state index is -0.165. The number of carbonyl (C=O) groups is 2. The molecule has 202 valence electrons. The van der Waals surface area contributed by atoms with Crippen molar-refractivity contribution in [3.8, 4) is 0 Å². The first-order chi connectivity index (χ1) is 18.5. The van der Waals surface area contributed by atoms with E-state index < -0.39 is 0 Å². The lowest BCUT2D eigenvalue weighted by Gasteiger charge is -2.36. The Morgan fingerprint density at radius 2 is 1.71 bits per heavy atom. The van der Waals surface area contributed by atoms with Crippen molar-refractivity contribution < 1.29 is 14.3 Å². The van der Waals surface area contributed by atoms with E-state index in [0.29, 0.717) is 36.7 Å². The van der Waals surface area contributed by atoms with Crippen molar-refractivity contribution in [2.75, 3.05) is 26.8 Å². The molecule has 0 radical (unpaired) electrons. The number of hydrogen-bond acceptors (Lipinski definition) is 3. The summed E-state index contributed by atoms with van der Waals surface area (Å²) in [7, 11) is 1.64. The van der Waals surface area contributed by atoms with Gasteiger partial charge in [0.2, 0.25) is 5.91 Å². The third kappa shape index (κ3) is 7.71. The van der Waals surface area contributed by atoms with Gasteiger partial charge in [0.05, 0.1) is 6.54 Å². The monoisotopic (exact) mass is 535 g/mol. The number of nitrogens with zero attached hydrogens (tertiary/aromatic N) is 3. The Morgan fingerprint density at radius 3 is 2.42 bits per heavy atom. The summed E-state index contributed by atoms with van der Waals surface area (Å²) in [5.74, 6) is -0.175. The van der Waals surface area contributed by atoms with Crippen LogP contribution < -0.4 is 0 Å². The molecule has 38 heavy (non-hydrogen) atoms. The Bertz CT molecular complexity index is 1160. The maximum absolute atomic E-state index is 13.9. The third-order valence-electron chi connectivity index (χ3n) is 7.27. The first-order valence-electron chi connectivity index (χ1n) is 13.6. The van der Waals surface area contributed by atoms with Gasteiger partial charge >= 0.3 is 0 Å². The van der Waals surface area contributed by atoms with E-state index in [1.54, 1.807) is 36.3 Å². The topological polar surface area (TPSA) is 54.8 Å². The molecule has 2 amide bonds. The van der Waals surface area contributed by atoms with Gasteiger partial charge in [0.25, 0.3) is 5.91 Å². The van der Waals surface area contributed by atoms with Gasteiger partial charge in [-0.1, -0.05) is 61.2 Å². The molecule has 6 nitrogen and oxygen atoms in total. The van der Waals surface area contributed by atoms with Gasteiger partial charge in [0.15, 0.2) is 0 Å². The van der Waals surface area contributed by atoms with Crippen LogP contribution in [-0.4, -0.2) is 59.0 Å². The molecule has 1 aromatic heterocycles. The first kappa shape index (κ1) is 27.9. The first-order valence-corrected chi connectivity index (χ1v) is 13.9. The van der Waals surface area contributed by atoms with Crippen molar-refractivity contribution in [1.29, 1.82) is 0 Å². The predicted molar refractivity (Wildman–Crippen MR) is 151 cm³/mol. The lowest BCUT2D eigenvalue weighted by molar-refractivity contribution is -0.135. The second-order valence-corrected chi connectivity index (χ2v) is 10.4. The molecule has 1 aliphatic carbocycles. The molecule has 7 heteroatoms. The van der Waals surface area contributed by atoms with Crippen LogP contribution in [0.3, 0.4) is 0 Å². The molecule has 0 bridgehead atoms. The van der Waals surface area contributed by atoms with Crippen LogP contribution in [-0.2, 0) is 22.6 Å². The Morgan fingerprint density at radius 1 is 0.974 bits per heavy atom. The largest absolute Gasteiger partial charge is 0.385 e. The van der Waals surface area contributed by atoms with Crippen LogP contribution in [0.4, 0.5) is 0 Å². The Labute approximate surface area is 231 Å². The lowest BCUT2D eigenvalue weighted by Crippen LogP contribution is -2.48. The van der Waals surface area contributed by atoms with Gasteiger partial charge in [0, 0.05) is 55.3 Å². The zero-order valence-corrected chi connectivity index (χ0v) is 23.0. The maximum Gasteiger partial charge on any atom is 0.254 e. The molecule has 3 aromatic rings. The molecule has 1 aliphatic rings. The van der Waals surface area contributed by atoms with E-state index in [1.807, 2.05) is 29.2 Å². The van der Waals surface area contributed by atoms with E-state index >= 15 is 0 Å². The highest BCUT2D eigenvalue weighted by Gasteiger charge is 2.29. The van der Waals surface area contributed by atoms with E-state index in [1.165, 1.54) is 12.0 Å². The number of benzene rings is 2. The molecule has 0 atom stereocenters. The summed E-state index contributed by atoms with van der Waals surface area (Å²) >= 11 is 6.04. The molecule has 0 N–H and O–H groups in total. The van der Waals surface area contributed by atoms with E-state index in [0.717, 1.165) is 37.9 Å². The highest BCUT2D eigenvalue weighted by molar-refractivity contribution is 6.30.